The molecule has 1 aromatic rings. The number of nitrogens with two attached hydrogens (primary N) is 1. The zero-order valence-corrected chi connectivity index (χ0v) is 12.6. The molecular formula is C16H24N2O3. The summed E-state index contributed by atoms with van der Waals surface area (Å²) in [6.45, 7) is 4.84. The lowest BCUT2D eigenvalue weighted by Crippen LogP contribution is -2.36. The topological polar surface area (TPSA) is 57.0 Å². The van der Waals surface area contributed by atoms with Crippen molar-refractivity contribution in [3.63, 3.8) is 0 Å². The van der Waals surface area contributed by atoms with Gasteiger partial charge in [-0.25, -0.2) is 0 Å². The van der Waals surface area contributed by atoms with Crippen molar-refractivity contribution < 1.29 is 14.2 Å². The van der Waals surface area contributed by atoms with Gasteiger partial charge in [0.2, 0.25) is 0 Å². The lowest BCUT2D eigenvalue weighted by atomic mass is 9.98. The first-order chi connectivity index (χ1) is 10.3. The van der Waals surface area contributed by atoms with Crippen molar-refractivity contribution in [1.29, 1.82) is 0 Å². The third-order valence-electron chi connectivity index (χ3n) is 4.21. The summed E-state index contributed by atoms with van der Waals surface area (Å²) in [7, 11) is 1.78. The SMILES string of the molecule is COCC1CCCN(Cc2cc(N)cc3c2OCOC3)C1. The number of methoxy groups -OCH3 is 1. The van der Waals surface area contributed by atoms with Crippen LogP contribution in [-0.4, -0.2) is 38.5 Å². The van der Waals surface area contributed by atoms with Gasteiger partial charge in [0, 0.05) is 37.0 Å². The van der Waals surface area contributed by atoms with Gasteiger partial charge in [0.15, 0.2) is 6.79 Å². The van der Waals surface area contributed by atoms with Gasteiger partial charge >= 0.3 is 0 Å². The summed E-state index contributed by atoms with van der Waals surface area (Å²) in [4.78, 5) is 2.47. The van der Waals surface area contributed by atoms with E-state index in [1.54, 1.807) is 7.11 Å². The number of piperidine rings is 1. The maximum Gasteiger partial charge on any atom is 0.189 e. The first-order valence-corrected chi connectivity index (χ1v) is 7.59. The van der Waals surface area contributed by atoms with Crippen molar-refractivity contribution in [3.05, 3.63) is 23.3 Å². The van der Waals surface area contributed by atoms with Crippen LogP contribution < -0.4 is 10.5 Å². The predicted molar refractivity (Wildman–Crippen MR) is 81.0 cm³/mol. The van der Waals surface area contributed by atoms with Gasteiger partial charge in [-0.2, -0.15) is 0 Å². The number of likely N-dealkylation sites (tertiary alicyclic amines) is 1. The fourth-order valence-electron chi connectivity index (χ4n) is 3.35. The third-order valence-corrected chi connectivity index (χ3v) is 4.21. The predicted octanol–water partition coefficient (Wildman–Crippen LogP) is 1.99. The van der Waals surface area contributed by atoms with Crippen molar-refractivity contribution in [1.82, 2.24) is 4.90 Å². The molecule has 2 aliphatic rings. The van der Waals surface area contributed by atoms with E-state index in [0.29, 0.717) is 19.3 Å². The molecule has 0 spiro atoms. The van der Waals surface area contributed by atoms with Crippen LogP contribution in [0.5, 0.6) is 5.75 Å². The van der Waals surface area contributed by atoms with E-state index in [1.165, 1.54) is 18.4 Å². The molecule has 21 heavy (non-hydrogen) atoms. The van der Waals surface area contributed by atoms with E-state index in [-0.39, 0.29) is 0 Å². The van der Waals surface area contributed by atoms with Crippen LogP contribution in [0.25, 0.3) is 0 Å². The second kappa shape index (κ2) is 6.64. The van der Waals surface area contributed by atoms with Crippen LogP contribution >= 0.6 is 0 Å². The minimum absolute atomic E-state index is 0.330. The fourth-order valence-corrected chi connectivity index (χ4v) is 3.35. The molecule has 5 heteroatoms. The molecule has 0 radical (unpaired) electrons. The molecule has 1 fully saturated rings. The highest BCUT2D eigenvalue weighted by Gasteiger charge is 2.23. The Labute approximate surface area is 126 Å². The molecule has 0 aromatic heterocycles. The van der Waals surface area contributed by atoms with Gasteiger partial charge in [0.25, 0.3) is 0 Å². The average molecular weight is 292 g/mol. The zero-order chi connectivity index (χ0) is 14.7. The van der Waals surface area contributed by atoms with Gasteiger partial charge in [-0.3, -0.25) is 4.90 Å². The Hall–Kier alpha value is -1.30. The molecule has 1 aromatic carbocycles. The van der Waals surface area contributed by atoms with E-state index in [9.17, 15) is 0 Å². The molecule has 1 saturated heterocycles. The summed E-state index contributed by atoms with van der Waals surface area (Å²) in [5.74, 6) is 1.59. The maximum absolute atomic E-state index is 6.01. The minimum atomic E-state index is 0.330. The quantitative estimate of drug-likeness (QED) is 0.860. The molecule has 2 N–H and O–H groups in total. The Bertz CT molecular complexity index is 491. The van der Waals surface area contributed by atoms with Crippen molar-refractivity contribution in [3.8, 4) is 5.75 Å². The molecule has 5 nitrogen and oxygen atoms in total. The van der Waals surface area contributed by atoms with Gasteiger partial charge in [0.05, 0.1) is 13.2 Å². The van der Waals surface area contributed by atoms with Crippen molar-refractivity contribution in [2.24, 2.45) is 5.92 Å². The number of anilines is 1. The molecule has 2 aliphatic heterocycles. The number of rotatable bonds is 4. The van der Waals surface area contributed by atoms with E-state index >= 15 is 0 Å². The number of benzene rings is 1. The molecule has 3 rings (SSSR count). The lowest BCUT2D eigenvalue weighted by molar-refractivity contribution is -0.0176. The van der Waals surface area contributed by atoms with Gasteiger partial charge in [-0.05, 0) is 37.4 Å². The van der Waals surface area contributed by atoms with Crippen LogP contribution in [-0.2, 0) is 22.6 Å². The Kier molecular flexibility index (Phi) is 4.63. The number of hydrogen-bond donors (Lipinski definition) is 1. The number of fused-ring (bicyclic) bond motifs is 1. The van der Waals surface area contributed by atoms with Crippen molar-refractivity contribution in [2.45, 2.75) is 26.0 Å². The molecule has 0 amide bonds. The maximum atomic E-state index is 6.01. The first-order valence-electron chi connectivity index (χ1n) is 7.59. The van der Waals surface area contributed by atoms with E-state index in [4.69, 9.17) is 19.9 Å². The molecular weight excluding hydrogens is 268 g/mol. The van der Waals surface area contributed by atoms with E-state index in [1.807, 2.05) is 12.1 Å². The van der Waals surface area contributed by atoms with Gasteiger partial charge < -0.3 is 19.9 Å². The number of ether oxygens (including phenoxy) is 3. The standard InChI is InChI=1S/C16H24N2O3/c1-19-9-12-3-2-4-18(7-12)8-13-5-15(17)6-14-10-20-11-21-16(13)14/h5-6,12H,2-4,7-11,17H2,1H3. The molecule has 116 valence electrons. The summed E-state index contributed by atoms with van der Waals surface area (Å²) in [6.07, 6.45) is 2.48. The Morgan fingerprint density at radius 1 is 1.43 bits per heavy atom. The number of nitrogen functional groups attached to an aromatic ring is 1. The van der Waals surface area contributed by atoms with Gasteiger partial charge in [-0.1, -0.05) is 0 Å². The summed E-state index contributed by atoms with van der Waals surface area (Å²) < 4.78 is 16.3. The zero-order valence-electron chi connectivity index (χ0n) is 12.6. The summed E-state index contributed by atoms with van der Waals surface area (Å²) in [6, 6.07) is 3.98. The Morgan fingerprint density at radius 3 is 3.19 bits per heavy atom. The molecule has 2 heterocycles. The molecule has 1 atom stereocenters. The van der Waals surface area contributed by atoms with Gasteiger partial charge in [0.1, 0.15) is 5.75 Å². The summed E-state index contributed by atoms with van der Waals surface area (Å²) >= 11 is 0. The number of hydrogen-bond acceptors (Lipinski definition) is 5. The second-order valence-corrected chi connectivity index (χ2v) is 5.98. The molecule has 0 saturated carbocycles. The molecule has 0 aliphatic carbocycles. The smallest absolute Gasteiger partial charge is 0.189 e. The Morgan fingerprint density at radius 2 is 2.33 bits per heavy atom. The lowest BCUT2D eigenvalue weighted by Gasteiger charge is -2.33. The van der Waals surface area contributed by atoms with Crippen LogP contribution in [0, 0.1) is 5.92 Å². The molecule has 1 unspecified atom stereocenters. The normalized spacial score (nSPS) is 22.6. The second-order valence-electron chi connectivity index (χ2n) is 5.98. The highest BCUT2D eigenvalue weighted by molar-refractivity contribution is 5.53. The first kappa shape index (κ1) is 14.6. The summed E-state index contributed by atoms with van der Waals surface area (Å²) in [5.41, 5.74) is 9.02. The van der Waals surface area contributed by atoms with E-state index < -0.39 is 0 Å². The highest BCUT2D eigenvalue weighted by Crippen LogP contribution is 2.32. The van der Waals surface area contributed by atoms with E-state index in [2.05, 4.69) is 4.90 Å². The van der Waals surface area contributed by atoms with Crippen molar-refractivity contribution in [2.75, 3.05) is 39.3 Å². The average Bonchev–Trinajstić information content (AvgIpc) is 2.48. The Balaban J connectivity index is 1.73. The van der Waals surface area contributed by atoms with Crippen LogP contribution in [0.3, 0.4) is 0 Å². The van der Waals surface area contributed by atoms with Crippen LogP contribution in [0.2, 0.25) is 0 Å². The van der Waals surface area contributed by atoms with E-state index in [0.717, 1.165) is 43.2 Å². The monoisotopic (exact) mass is 292 g/mol. The highest BCUT2D eigenvalue weighted by atomic mass is 16.7. The van der Waals surface area contributed by atoms with Crippen molar-refractivity contribution >= 4 is 5.69 Å². The largest absolute Gasteiger partial charge is 0.467 e. The van der Waals surface area contributed by atoms with Crippen LogP contribution in [0.15, 0.2) is 12.1 Å². The summed E-state index contributed by atoms with van der Waals surface area (Å²) in [5, 5.41) is 0. The fraction of sp³-hybridized carbons (Fsp3) is 0.625. The van der Waals surface area contributed by atoms with Crippen LogP contribution in [0.4, 0.5) is 5.69 Å². The minimum Gasteiger partial charge on any atom is -0.467 e. The number of nitrogens with zero attached hydrogens (tertiary/aromatic N) is 1. The third kappa shape index (κ3) is 3.48. The van der Waals surface area contributed by atoms with Gasteiger partial charge in [-0.15, -0.1) is 0 Å². The van der Waals surface area contributed by atoms with Crippen LogP contribution in [0.1, 0.15) is 24.0 Å². The molecule has 0 bridgehead atoms.